The summed E-state index contributed by atoms with van der Waals surface area (Å²) in [6, 6.07) is 4.11. The van der Waals surface area contributed by atoms with E-state index in [2.05, 4.69) is 5.32 Å². The Kier molecular flexibility index (Phi) is 5.20. The lowest BCUT2D eigenvalue weighted by molar-refractivity contribution is 0.0998. The Morgan fingerprint density at radius 1 is 1.42 bits per heavy atom. The number of rotatable bonds is 5. The van der Waals surface area contributed by atoms with Gasteiger partial charge in [-0.3, -0.25) is 0 Å². The molecular formula is C17H23FN2O4. The number of urea groups is 1. The van der Waals surface area contributed by atoms with Crippen LogP contribution in [0.15, 0.2) is 18.2 Å². The van der Waals surface area contributed by atoms with Gasteiger partial charge in [0.25, 0.3) is 0 Å². The van der Waals surface area contributed by atoms with Crippen molar-refractivity contribution in [2.75, 3.05) is 47.1 Å². The van der Waals surface area contributed by atoms with Gasteiger partial charge in [0.1, 0.15) is 11.6 Å². The zero-order valence-corrected chi connectivity index (χ0v) is 14.0. The number of carbonyl (C=O) groups is 1. The number of benzene rings is 1. The Bertz CT molecular complexity index is 598. The number of nitrogens with zero attached hydrogens (tertiary/aromatic N) is 1. The fraction of sp³-hybridized carbons (Fsp3) is 0.588. The maximum absolute atomic E-state index is 13.8. The average Bonchev–Trinajstić information content (AvgIpc) is 2.94. The highest BCUT2D eigenvalue weighted by Gasteiger charge is 2.48. The number of nitrogens with one attached hydrogen (secondary N) is 1. The highest BCUT2D eigenvalue weighted by Crippen LogP contribution is 2.47. The maximum atomic E-state index is 13.8. The maximum Gasteiger partial charge on any atom is 0.318 e. The molecular weight excluding hydrogens is 315 g/mol. The first-order valence-corrected chi connectivity index (χ1v) is 8.10. The van der Waals surface area contributed by atoms with Crippen molar-refractivity contribution >= 4 is 6.03 Å². The molecule has 1 fully saturated rings. The number of ether oxygens (including phenoxy) is 3. The van der Waals surface area contributed by atoms with Crippen molar-refractivity contribution in [2.45, 2.75) is 6.04 Å². The molecule has 1 N–H and O–H groups in total. The van der Waals surface area contributed by atoms with Crippen molar-refractivity contribution < 1.29 is 23.4 Å². The molecule has 2 aliphatic heterocycles. The first kappa shape index (κ1) is 17.0. The lowest BCUT2D eigenvalue weighted by Gasteiger charge is -2.34. The van der Waals surface area contributed by atoms with Gasteiger partial charge in [-0.1, -0.05) is 0 Å². The SMILES string of the molecule is COCCNC(=O)N1C[C@@H](COC)[C@@H]2COc3ccc(F)cc3[C@@H]21. The van der Waals surface area contributed by atoms with Gasteiger partial charge in [0.05, 0.1) is 25.9 Å². The molecule has 132 valence electrons. The number of hydrogen-bond acceptors (Lipinski definition) is 4. The van der Waals surface area contributed by atoms with Crippen molar-refractivity contribution in [1.29, 1.82) is 0 Å². The van der Waals surface area contributed by atoms with E-state index in [4.69, 9.17) is 14.2 Å². The van der Waals surface area contributed by atoms with E-state index in [1.165, 1.54) is 12.1 Å². The number of hydrogen-bond donors (Lipinski definition) is 1. The molecule has 2 heterocycles. The molecule has 0 radical (unpaired) electrons. The molecule has 2 aliphatic rings. The summed E-state index contributed by atoms with van der Waals surface area (Å²) in [7, 11) is 3.23. The van der Waals surface area contributed by atoms with Crippen LogP contribution in [0.1, 0.15) is 11.6 Å². The molecule has 1 aromatic carbocycles. The molecule has 3 atom stereocenters. The fourth-order valence-electron chi connectivity index (χ4n) is 3.65. The van der Waals surface area contributed by atoms with Crippen LogP contribution in [0.3, 0.4) is 0 Å². The van der Waals surface area contributed by atoms with Crippen molar-refractivity contribution in [3.63, 3.8) is 0 Å². The van der Waals surface area contributed by atoms with Crippen LogP contribution in [0, 0.1) is 17.7 Å². The van der Waals surface area contributed by atoms with Gasteiger partial charge >= 0.3 is 6.03 Å². The first-order chi connectivity index (χ1) is 11.7. The lowest BCUT2D eigenvalue weighted by Crippen LogP contribution is -2.42. The molecule has 3 rings (SSSR count). The van der Waals surface area contributed by atoms with Gasteiger partial charge < -0.3 is 24.4 Å². The number of likely N-dealkylation sites (tertiary alicyclic amines) is 1. The van der Waals surface area contributed by atoms with Crippen molar-refractivity contribution in [1.82, 2.24) is 10.2 Å². The smallest absolute Gasteiger partial charge is 0.318 e. The molecule has 24 heavy (non-hydrogen) atoms. The molecule has 0 aliphatic carbocycles. The molecule has 0 saturated carbocycles. The molecule has 6 nitrogen and oxygen atoms in total. The van der Waals surface area contributed by atoms with E-state index < -0.39 is 0 Å². The average molecular weight is 338 g/mol. The minimum atomic E-state index is -0.326. The van der Waals surface area contributed by atoms with Crippen molar-refractivity contribution in [3.8, 4) is 5.75 Å². The van der Waals surface area contributed by atoms with Gasteiger partial charge in [0.2, 0.25) is 0 Å². The summed E-state index contributed by atoms with van der Waals surface area (Å²) in [6.07, 6.45) is 0. The second-order valence-electron chi connectivity index (χ2n) is 6.19. The van der Waals surface area contributed by atoms with E-state index in [0.29, 0.717) is 38.7 Å². The molecule has 7 heteroatoms. The van der Waals surface area contributed by atoms with Gasteiger partial charge in [0, 0.05) is 44.7 Å². The van der Waals surface area contributed by atoms with Crippen molar-refractivity contribution in [3.05, 3.63) is 29.6 Å². The van der Waals surface area contributed by atoms with E-state index in [-0.39, 0.29) is 29.7 Å². The van der Waals surface area contributed by atoms with Crippen LogP contribution in [0.4, 0.5) is 9.18 Å². The molecule has 0 bridgehead atoms. The van der Waals surface area contributed by atoms with Crippen LogP contribution in [-0.2, 0) is 9.47 Å². The van der Waals surface area contributed by atoms with E-state index >= 15 is 0 Å². The third kappa shape index (κ3) is 3.18. The van der Waals surface area contributed by atoms with Crippen LogP contribution in [-0.4, -0.2) is 58.1 Å². The Morgan fingerprint density at radius 2 is 2.25 bits per heavy atom. The summed E-state index contributed by atoms with van der Waals surface area (Å²) in [5, 5.41) is 2.85. The van der Waals surface area contributed by atoms with Crippen molar-refractivity contribution in [2.24, 2.45) is 11.8 Å². The van der Waals surface area contributed by atoms with Crippen LogP contribution < -0.4 is 10.1 Å². The van der Waals surface area contributed by atoms with Crippen LogP contribution >= 0.6 is 0 Å². The van der Waals surface area contributed by atoms with E-state index in [9.17, 15) is 9.18 Å². The van der Waals surface area contributed by atoms with Gasteiger partial charge in [-0.2, -0.15) is 0 Å². The number of methoxy groups -OCH3 is 2. The first-order valence-electron chi connectivity index (χ1n) is 8.10. The largest absolute Gasteiger partial charge is 0.493 e. The highest BCUT2D eigenvalue weighted by molar-refractivity contribution is 5.75. The summed E-state index contributed by atoms with van der Waals surface area (Å²) in [5.41, 5.74) is 0.728. The van der Waals surface area contributed by atoms with Crippen LogP contribution in [0.2, 0.25) is 0 Å². The summed E-state index contributed by atoms with van der Waals surface area (Å²) in [4.78, 5) is 14.4. The standard InChI is InChI=1S/C17H23FN2O4/c1-22-6-5-19-17(21)20-8-11(9-23-2)14-10-24-15-4-3-12(18)7-13(15)16(14)20/h3-4,7,11,14,16H,5-6,8-10H2,1-2H3,(H,19,21)/t11-,14-,16-/m0/s1. The van der Waals surface area contributed by atoms with E-state index in [1.807, 2.05) is 0 Å². The van der Waals surface area contributed by atoms with E-state index in [1.54, 1.807) is 25.2 Å². The monoisotopic (exact) mass is 338 g/mol. The minimum absolute atomic E-state index is 0.0902. The summed E-state index contributed by atoms with van der Waals surface area (Å²) in [5.74, 6) is 0.565. The van der Waals surface area contributed by atoms with Gasteiger partial charge in [-0.25, -0.2) is 9.18 Å². The zero-order valence-electron chi connectivity index (χ0n) is 14.0. The zero-order chi connectivity index (χ0) is 17.1. The molecule has 1 aromatic rings. The normalized spacial score (nSPS) is 25.0. The molecule has 0 spiro atoms. The Balaban J connectivity index is 1.87. The third-order valence-corrected chi connectivity index (χ3v) is 4.72. The summed E-state index contributed by atoms with van der Waals surface area (Å²) < 4.78 is 29.8. The quantitative estimate of drug-likeness (QED) is 0.832. The van der Waals surface area contributed by atoms with Gasteiger partial charge in [-0.15, -0.1) is 0 Å². The number of carbonyl (C=O) groups excluding carboxylic acids is 1. The Hall–Kier alpha value is -1.86. The van der Waals surface area contributed by atoms with Gasteiger partial charge in [0.15, 0.2) is 0 Å². The van der Waals surface area contributed by atoms with Crippen LogP contribution in [0.5, 0.6) is 5.75 Å². The molecule has 0 unspecified atom stereocenters. The molecule has 1 saturated heterocycles. The topological polar surface area (TPSA) is 60.0 Å². The fourth-order valence-corrected chi connectivity index (χ4v) is 3.65. The predicted octanol–water partition coefficient (Wildman–Crippen LogP) is 1.81. The number of amides is 2. The highest BCUT2D eigenvalue weighted by atomic mass is 19.1. The second kappa shape index (κ2) is 7.36. The number of halogens is 1. The minimum Gasteiger partial charge on any atom is -0.493 e. The van der Waals surface area contributed by atoms with Crippen LogP contribution in [0.25, 0.3) is 0 Å². The number of fused-ring (bicyclic) bond motifs is 3. The second-order valence-corrected chi connectivity index (χ2v) is 6.19. The van der Waals surface area contributed by atoms with Gasteiger partial charge in [-0.05, 0) is 18.2 Å². The molecule has 2 amide bonds. The molecule has 0 aromatic heterocycles. The summed E-state index contributed by atoms with van der Waals surface area (Å²) in [6.45, 7) is 2.48. The van der Waals surface area contributed by atoms with E-state index in [0.717, 1.165) is 5.56 Å². The third-order valence-electron chi connectivity index (χ3n) is 4.72. The lowest BCUT2D eigenvalue weighted by atomic mass is 9.85. The summed E-state index contributed by atoms with van der Waals surface area (Å²) >= 11 is 0. The predicted molar refractivity (Wildman–Crippen MR) is 85.5 cm³/mol. The Morgan fingerprint density at radius 3 is 3.00 bits per heavy atom. The Labute approximate surface area is 140 Å².